The number of benzene rings is 1. The molecule has 1 aliphatic rings. The van der Waals surface area contributed by atoms with E-state index in [-0.39, 0.29) is 0 Å². The van der Waals surface area contributed by atoms with Crippen molar-refractivity contribution in [2.24, 2.45) is 0 Å². The molecule has 5 nitrogen and oxygen atoms in total. The third-order valence-electron chi connectivity index (χ3n) is 3.99. The van der Waals surface area contributed by atoms with Gasteiger partial charge >= 0.3 is 0 Å². The van der Waals surface area contributed by atoms with E-state index in [4.69, 9.17) is 16.6 Å². The first-order valence-corrected chi connectivity index (χ1v) is 7.90. The van der Waals surface area contributed by atoms with E-state index in [2.05, 4.69) is 19.9 Å². The van der Waals surface area contributed by atoms with Gasteiger partial charge in [-0.15, -0.1) is 0 Å². The summed E-state index contributed by atoms with van der Waals surface area (Å²) < 4.78 is 0. The van der Waals surface area contributed by atoms with Gasteiger partial charge in [0.2, 0.25) is 0 Å². The topological polar surface area (TPSA) is 57.7 Å². The second kappa shape index (κ2) is 5.57. The molecule has 0 bridgehead atoms. The maximum absolute atomic E-state index is 6.02. The van der Waals surface area contributed by atoms with E-state index in [1.807, 2.05) is 24.4 Å². The van der Waals surface area contributed by atoms with Crippen LogP contribution < -0.4 is 4.90 Å². The molecule has 0 amide bonds. The molecule has 0 atom stereocenters. The normalized spacial score (nSPS) is 15.4. The molecule has 112 valence electrons. The van der Waals surface area contributed by atoms with Crippen molar-refractivity contribution in [2.75, 3.05) is 18.0 Å². The first-order chi connectivity index (χ1) is 10.8. The van der Waals surface area contributed by atoms with Crippen LogP contribution in [0.3, 0.4) is 0 Å². The van der Waals surface area contributed by atoms with Crippen LogP contribution in [0.1, 0.15) is 19.3 Å². The van der Waals surface area contributed by atoms with Crippen LogP contribution in [0.4, 0.5) is 5.82 Å². The lowest BCUT2D eigenvalue weighted by molar-refractivity contribution is 0.573. The van der Waals surface area contributed by atoms with E-state index >= 15 is 0 Å². The summed E-state index contributed by atoms with van der Waals surface area (Å²) in [6.45, 7) is 2.10. The van der Waals surface area contributed by atoms with Gasteiger partial charge in [0.1, 0.15) is 11.5 Å². The Labute approximate surface area is 133 Å². The number of anilines is 1. The van der Waals surface area contributed by atoms with Crippen LogP contribution in [0.15, 0.2) is 30.6 Å². The van der Waals surface area contributed by atoms with E-state index < -0.39 is 0 Å². The smallest absolute Gasteiger partial charge is 0.158 e. The van der Waals surface area contributed by atoms with Gasteiger partial charge in [-0.3, -0.25) is 4.98 Å². The Morgan fingerprint density at radius 2 is 1.91 bits per heavy atom. The number of nitrogens with one attached hydrogen (secondary N) is 1. The number of rotatable bonds is 2. The average Bonchev–Trinajstić information content (AvgIpc) is 2.99. The number of nitrogens with zero attached hydrogens (tertiary/aromatic N) is 4. The fourth-order valence-electron chi connectivity index (χ4n) is 2.85. The minimum absolute atomic E-state index is 0.691. The molecule has 0 saturated carbocycles. The van der Waals surface area contributed by atoms with E-state index in [1.54, 1.807) is 6.20 Å². The van der Waals surface area contributed by atoms with Gasteiger partial charge in [0.25, 0.3) is 0 Å². The minimum atomic E-state index is 0.691. The molecule has 3 heterocycles. The Morgan fingerprint density at radius 1 is 1.05 bits per heavy atom. The Bertz CT molecular complexity index is 807. The van der Waals surface area contributed by atoms with E-state index in [0.717, 1.165) is 41.5 Å². The molecule has 2 aromatic heterocycles. The zero-order valence-corrected chi connectivity index (χ0v) is 12.8. The van der Waals surface area contributed by atoms with Gasteiger partial charge in [-0.1, -0.05) is 11.6 Å². The number of halogens is 1. The number of imidazole rings is 1. The van der Waals surface area contributed by atoms with Crippen molar-refractivity contribution in [1.29, 1.82) is 0 Å². The number of hydrogen-bond acceptors (Lipinski definition) is 4. The highest BCUT2D eigenvalue weighted by Gasteiger charge is 2.14. The summed E-state index contributed by atoms with van der Waals surface area (Å²) in [7, 11) is 0. The van der Waals surface area contributed by atoms with E-state index in [0.29, 0.717) is 5.02 Å². The highest BCUT2D eigenvalue weighted by molar-refractivity contribution is 6.31. The molecule has 3 aromatic rings. The van der Waals surface area contributed by atoms with Crippen LogP contribution in [-0.4, -0.2) is 33.0 Å². The quantitative estimate of drug-likeness (QED) is 0.784. The monoisotopic (exact) mass is 313 g/mol. The standard InChI is InChI=1S/C16H16ClN5/c17-11-4-5-12-13(8-11)21-16(20-12)14-9-18-10-15(19-14)22-6-2-1-3-7-22/h4-5,8-10H,1-3,6-7H2,(H,20,21). The Balaban J connectivity index is 1.71. The molecule has 0 radical (unpaired) electrons. The Kier molecular flexibility index (Phi) is 3.42. The highest BCUT2D eigenvalue weighted by Crippen LogP contribution is 2.23. The van der Waals surface area contributed by atoms with Crippen molar-refractivity contribution in [1.82, 2.24) is 19.9 Å². The number of hydrogen-bond donors (Lipinski definition) is 1. The van der Waals surface area contributed by atoms with Crippen LogP contribution in [0, 0.1) is 0 Å². The van der Waals surface area contributed by atoms with Crippen molar-refractivity contribution in [3.63, 3.8) is 0 Å². The van der Waals surface area contributed by atoms with Gasteiger partial charge < -0.3 is 9.88 Å². The van der Waals surface area contributed by atoms with Crippen LogP contribution in [0.25, 0.3) is 22.6 Å². The fourth-order valence-corrected chi connectivity index (χ4v) is 3.02. The van der Waals surface area contributed by atoms with Crippen LogP contribution in [0.5, 0.6) is 0 Å². The first kappa shape index (κ1) is 13.5. The van der Waals surface area contributed by atoms with Crippen LogP contribution in [-0.2, 0) is 0 Å². The fraction of sp³-hybridized carbons (Fsp3) is 0.312. The lowest BCUT2D eigenvalue weighted by atomic mass is 10.1. The molecule has 0 unspecified atom stereocenters. The largest absolute Gasteiger partial charge is 0.355 e. The molecule has 1 aliphatic heterocycles. The summed E-state index contributed by atoms with van der Waals surface area (Å²) in [6.07, 6.45) is 7.30. The second-order valence-corrected chi connectivity index (χ2v) is 5.99. The lowest BCUT2D eigenvalue weighted by Crippen LogP contribution is -2.30. The first-order valence-electron chi connectivity index (χ1n) is 7.52. The molecule has 1 N–H and O–H groups in total. The van der Waals surface area contributed by atoms with Gasteiger partial charge in [-0.2, -0.15) is 0 Å². The highest BCUT2D eigenvalue weighted by atomic mass is 35.5. The van der Waals surface area contributed by atoms with Crippen LogP contribution in [0.2, 0.25) is 5.02 Å². The molecule has 4 rings (SSSR count). The molecule has 0 aliphatic carbocycles. The van der Waals surface area contributed by atoms with Gasteiger partial charge in [0.15, 0.2) is 5.82 Å². The van der Waals surface area contributed by atoms with Gasteiger partial charge in [0, 0.05) is 18.1 Å². The second-order valence-electron chi connectivity index (χ2n) is 5.56. The third kappa shape index (κ3) is 2.52. The molecular formula is C16H16ClN5. The zero-order chi connectivity index (χ0) is 14.9. The van der Waals surface area contributed by atoms with Gasteiger partial charge in [-0.05, 0) is 37.5 Å². The van der Waals surface area contributed by atoms with E-state index in [9.17, 15) is 0 Å². The van der Waals surface area contributed by atoms with Crippen molar-refractivity contribution < 1.29 is 0 Å². The molecule has 1 aromatic carbocycles. The van der Waals surface area contributed by atoms with Crippen LogP contribution >= 0.6 is 11.6 Å². The molecule has 6 heteroatoms. The average molecular weight is 314 g/mol. The summed E-state index contributed by atoms with van der Waals surface area (Å²) >= 11 is 6.02. The van der Waals surface area contributed by atoms with Crippen molar-refractivity contribution in [3.05, 3.63) is 35.6 Å². The van der Waals surface area contributed by atoms with Crippen molar-refractivity contribution in [3.8, 4) is 11.5 Å². The summed E-state index contributed by atoms with van der Waals surface area (Å²) in [6, 6.07) is 5.61. The number of aromatic nitrogens is 4. The molecule has 1 saturated heterocycles. The van der Waals surface area contributed by atoms with Crippen molar-refractivity contribution >= 4 is 28.5 Å². The zero-order valence-electron chi connectivity index (χ0n) is 12.1. The third-order valence-corrected chi connectivity index (χ3v) is 4.22. The van der Waals surface area contributed by atoms with Crippen molar-refractivity contribution in [2.45, 2.75) is 19.3 Å². The summed E-state index contributed by atoms with van der Waals surface area (Å²) in [5.74, 6) is 1.65. The Morgan fingerprint density at radius 3 is 2.77 bits per heavy atom. The minimum Gasteiger partial charge on any atom is -0.355 e. The number of fused-ring (bicyclic) bond motifs is 1. The SMILES string of the molecule is Clc1ccc2nc(-c3cncc(N4CCCCC4)n3)[nH]c2c1. The lowest BCUT2D eigenvalue weighted by Gasteiger charge is -2.27. The summed E-state index contributed by atoms with van der Waals surface area (Å²) in [5, 5.41) is 0.691. The maximum Gasteiger partial charge on any atom is 0.158 e. The predicted molar refractivity (Wildman–Crippen MR) is 88.2 cm³/mol. The number of H-pyrrole nitrogens is 1. The summed E-state index contributed by atoms with van der Waals surface area (Å²) in [4.78, 5) is 19.2. The summed E-state index contributed by atoms with van der Waals surface area (Å²) in [5.41, 5.74) is 2.55. The van der Waals surface area contributed by atoms with E-state index in [1.165, 1.54) is 19.3 Å². The van der Waals surface area contributed by atoms with Gasteiger partial charge in [0.05, 0.1) is 23.4 Å². The van der Waals surface area contributed by atoms with Gasteiger partial charge in [-0.25, -0.2) is 9.97 Å². The molecule has 0 spiro atoms. The molecular weight excluding hydrogens is 298 g/mol. The number of piperidine rings is 1. The predicted octanol–water partition coefficient (Wildman–Crippen LogP) is 3.66. The Hall–Kier alpha value is -2.14. The molecule has 22 heavy (non-hydrogen) atoms. The number of aromatic amines is 1. The molecule has 1 fully saturated rings. The maximum atomic E-state index is 6.02.